The lowest BCUT2D eigenvalue weighted by atomic mass is 9.61. The molecule has 0 amide bonds. The summed E-state index contributed by atoms with van der Waals surface area (Å²) >= 11 is 0. The predicted octanol–water partition coefficient (Wildman–Crippen LogP) is 2.02. The average molecular weight is 267 g/mol. The van der Waals surface area contributed by atoms with Gasteiger partial charge in [0, 0.05) is 38.8 Å². The molecule has 3 heteroatoms. The fourth-order valence-corrected chi connectivity index (χ4v) is 3.87. The SMILES string of the molecule is CCN1CCN(CC2CCC(N)C(C)C2(C)C)CC1. The van der Waals surface area contributed by atoms with Gasteiger partial charge in [-0.3, -0.25) is 0 Å². The lowest BCUT2D eigenvalue weighted by Gasteiger charge is -2.49. The molecule has 1 saturated heterocycles. The molecule has 19 heavy (non-hydrogen) atoms. The van der Waals surface area contributed by atoms with E-state index in [9.17, 15) is 0 Å². The Kier molecular flexibility index (Phi) is 4.91. The molecule has 2 aliphatic rings. The number of nitrogens with zero attached hydrogens (tertiary/aromatic N) is 2. The molecule has 0 radical (unpaired) electrons. The van der Waals surface area contributed by atoms with Crippen LogP contribution in [0.5, 0.6) is 0 Å². The Labute approximate surface area is 119 Å². The molecule has 1 aliphatic heterocycles. The third-order valence-electron chi connectivity index (χ3n) is 6.11. The first kappa shape index (κ1) is 15.3. The van der Waals surface area contributed by atoms with E-state index in [-0.39, 0.29) is 0 Å². The molecule has 0 aromatic carbocycles. The standard InChI is InChI=1S/C16H33N3/c1-5-18-8-10-19(11-9-18)12-14-6-7-15(17)13(2)16(14,3)4/h13-15H,5-12,17H2,1-4H3. The van der Waals surface area contributed by atoms with Gasteiger partial charge in [-0.25, -0.2) is 0 Å². The zero-order valence-electron chi connectivity index (χ0n) is 13.4. The van der Waals surface area contributed by atoms with Crippen LogP contribution in [0.1, 0.15) is 40.5 Å². The van der Waals surface area contributed by atoms with E-state index < -0.39 is 0 Å². The molecule has 0 bridgehead atoms. The molecule has 1 saturated carbocycles. The van der Waals surface area contributed by atoms with Crippen molar-refractivity contribution in [2.75, 3.05) is 39.3 Å². The number of likely N-dealkylation sites (N-methyl/N-ethyl adjacent to an activating group) is 1. The average Bonchev–Trinajstić information content (AvgIpc) is 2.41. The molecule has 0 aromatic heterocycles. The summed E-state index contributed by atoms with van der Waals surface area (Å²) in [5.41, 5.74) is 6.65. The second-order valence-corrected chi connectivity index (χ2v) is 7.28. The highest BCUT2D eigenvalue weighted by Crippen LogP contribution is 2.44. The molecular formula is C16H33N3. The third kappa shape index (κ3) is 3.32. The summed E-state index contributed by atoms with van der Waals surface area (Å²) in [5.74, 6) is 1.46. The lowest BCUT2D eigenvalue weighted by molar-refractivity contribution is 0.0168. The Hall–Kier alpha value is -0.120. The van der Waals surface area contributed by atoms with Gasteiger partial charge in [-0.15, -0.1) is 0 Å². The van der Waals surface area contributed by atoms with Gasteiger partial charge in [-0.2, -0.15) is 0 Å². The molecule has 2 fully saturated rings. The fraction of sp³-hybridized carbons (Fsp3) is 1.00. The van der Waals surface area contributed by atoms with E-state index in [0.29, 0.717) is 17.4 Å². The van der Waals surface area contributed by atoms with E-state index in [1.54, 1.807) is 0 Å². The van der Waals surface area contributed by atoms with Gasteiger partial charge in [-0.1, -0.05) is 27.7 Å². The predicted molar refractivity (Wildman–Crippen MR) is 82.2 cm³/mol. The molecule has 3 nitrogen and oxygen atoms in total. The van der Waals surface area contributed by atoms with Crippen LogP contribution in [0.2, 0.25) is 0 Å². The first-order valence-electron chi connectivity index (χ1n) is 8.15. The Balaban J connectivity index is 1.89. The van der Waals surface area contributed by atoms with Crippen LogP contribution in [0.15, 0.2) is 0 Å². The maximum absolute atomic E-state index is 6.27. The Morgan fingerprint density at radius 1 is 1.05 bits per heavy atom. The largest absolute Gasteiger partial charge is 0.327 e. The summed E-state index contributed by atoms with van der Waals surface area (Å²) in [6.07, 6.45) is 2.52. The van der Waals surface area contributed by atoms with Gasteiger partial charge in [-0.05, 0) is 36.6 Å². The van der Waals surface area contributed by atoms with Crippen molar-refractivity contribution in [3.05, 3.63) is 0 Å². The Morgan fingerprint density at radius 3 is 2.21 bits per heavy atom. The van der Waals surface area contributed by atoms with Gasteiger partial charge in [0.2, 0.25) is 0 Å². The molecule has 0 spiro atoms. The highest BCUT2D eigenvalue weighted by atomic mass is 15.3. The van der Waals surface area contributed by atoms with Crippen molar-refractivity contribution >= 4 is 0 Å². The van der Waals surface area contributed by atoms with Crippen molar-refractivity contribution in [1.29, 1.82) is 0 Å². The maximum Gasteiger partial charge on any atom is 0.0110 e. The van der Waals surface area contributed by atoms with Crippen LogP contribution in [-0.2, 0) is 0 Å². The molecule has 2 N–H and O–H groups in total. The van der Waals surface area contributed by atoms with Crippen molar-refractivity contribution in [3.8, 4) is 0 Å². The van der Waals surface area contributed by atoms with Gasteiger partial charge in [0.1, 0.15) is 0 Å². The maximum atomic E-state index is 6.27. The van der Waals surface area contributed by atoms with E-state index in [0.717, 1.165) is 5.92 Å². The topological polar surface area (TPSA) is 32.5 Å². The fourth-order valence-electron chi connectivity index (χ4n) is 3.87. The quantitative estimate of drug-likeness (QED) is 0.849. The van der Waals surface area contributed by atoms with E-state index >= 15 is 0 Å². The zero-order chi connectivity index (χ0) is 14.0. The van der Waals surface area contributed by atoms with Crippen LogP contribution in [0.3, 0.4) is 0 Å². The first-order chi connectivity index (χ1) is 8.95. The zero-order valence-corrected chi connectivity index (χ0v) is 13.4. The van der Waals surface area contributed by atoms with Gasteiger partial charge in [0.25, 0.3) is 0 Å². The lowest BCUT2D eigenvalue weighted by Crippen LogP contribution is -2.53. The molecule has 112 valence electrons. The normalized spacial score (nSPS) is 37.4. The Morgan fingerprint density at radius 2 is 1.63 bits per heavy atom. The molecular weight excluding hydrogens is 234 g/mol. The number of hydrogen-bond donors (Lipinski definition) is 1. The first-order valence-corrected chi connectivity index (χ1v) is 8.15. The van der Waals surface area contributed by atoms with Crippen LogP contribution in [0, 0.1) is 17.3 Å². The van der Waals surface area contributed by atoms with Crippen LogP contribution in [0.4, 0.5) is 0 Å². The van der Waals surface area contributed by atoms with Crippen LogP contribution >= 0.6 is 0 Å². The molecule has 3 unspecified atom stereocenters. The van der Waals surface area contributed by atoms with Crippen molar-refractivity contribution in [2.24, 2.45) is 23.0 Å². The molecule has 2 rings (SSSR count). The minimum Gasteiger partial charge on any atom is -0.327 e. The third-order valence-corrected chi connectivity index (χ3v) is 6.11. The number of hydrogen-bond acceptors (Lipinski definition) is 3. The number of nitrogens with two attached hydrogens (primary N) is 1. The van der Waals surface area contributed by atoms with Gasteiger partial charge >= 0.3 is 0 Å². The summed E-state index contributed by atoms with van der Waals surface area (Å²) < 4.78 is 0. The summed E-state index contributed by atoms with van der Waals surface area (Å²) in [7, 11) is 0. The smallest absolute Gasteiger partial charge is 0.0110 e. The van der Waals surface area contributed by atoms with Crippen LogP contribution < -0.4 is 5.73 Å². The molecule has 1 aliphatic carbocycles. The summed E-state index contributed by atoms with van der Waals surface area (Å²) in [6, 6.07) is 0.406. The van der Waals surface area contributed by atoms with Crippen molar-refractivity contribution in [3.63, 3.8) is 0 Å². The van der Waals surface area contributed by atoms with E-state index in [2.05, 4.69) is 37.5 Å². The van der Waals surface area contributed by atoms with Gasteiger partial charge in [0.05, 0.1) is 0 Å². The summed E-state index contributed by atoms with van der Waals surface area (Å²) in [6.45, 7) is 17.0. The Bertz CT molecular complexity index is 282. The van der Waals surface area contributed by atoms with E-state index in [1.807, 2.05) is 0 Å². The van der Waals surface area contributed by atoms with Gasteiger partial charge < -0.3 is 15.5 Å². The number of rotatable bonds is 3. The second-order valence-electron chi connectivity index (χ2n) is 7.28. The minimum atomic E-state index is 0.388. The highest BCUT2D eigenvalue weighted by Gasteiger charge is 2.42. The molecule has 1 heterocycles. The van der Waals surface area contributed by atoms with Crippen molar-refractivity contribution in [2.45, 2.75) is 46.6 Å². The van der Waals surface area contributed by atoms with E-state index in [4.69, 9.17) is 5.73 Å². The van der Waals surface area contributed by atoms with Crippen molar-refractivity contribution < 1.29 is 0 Å². The van der Waals surface area contributed by atoms with Gasteiger partial charge in [0.15, 0.2) is 0 Å². The van der Waals surface area contributed by atoms with E-state index in [1.165, 1.54) is 52.1 Å². The van der Waals surface area contributed by atoms with Crippen LogP contribution in [0.25, 0.3) is 0 Å². The molecule has 0 aromatic rings. The molecule has 3 atom stereocenters. The summed E-state index contributed by atoms with van der Waals surface area (Å²) in [5, 5.41) is 0. The van der Waals surface area contributed by atoms with Crippen LogP contribution in [-0.4, -0.2) is 55.1 Å². The monoisotopic (exact) mass is 267 g/mol. The number of piperazine rings is 1. The minimum absolute atomic E-state index is 0.388. The summed E-state index contributed by atoms with van der Waals surface area (Å²) in [4.78, 5) is 5.24. The second kappa shape index (κ2) is 6.11. The highest BCUT2D eigenvalue weighted by molar-refractivity contribution is 4.94. The van der Waals surface area contributed by atoms with Crippen molar-refractivity contribution in [1.82, 2.24) is 9.80 Å².